The molecule has 0 heterocycles. The van der Waals surface area contributed by atoms with E-state index < -0.39 is 11.9 Å². The molecule has 0 bridgehead atoms. The van der Waals surface area contributed by atoms with Crippen molar-refractivity contribution < 1.29 is 14.3 Å². The number of amides is 3. The van der Waals surface area contributed by atoms with Crippen molar-refractivity contribution in [1.82, 2.24) is 5.32 Å². The van der Waals surface area contributed by atoms with Crippen LogP contribution in [0.15, 0.2) is 72.8 Å². The number of hydrogen-bond acceptors (Lipinski definition) is 3. The lowest BCUT2D eigenvalue weighted by molar-refractivity contribution is 0.0967. The highest BCUT2D eigenvalue weighted by atomic mass is 35.5. The fourth-order valence-corrected chi connectivity index (χ4v) is 2.76. The minimum Gasteiger partial charge on any atom is -0.489 e. The lowest BCUT2D eigenvalue weighted by Crippen LogP contribution is -2.34. The van der Waals surface area contributed by atoms with Crippen LogP contribution in [-0.4, -0.2) is 11.9 Å². The number of anilines is 1. The number of carbonyl (C=O) groups is 2. The fraction of sp³-hybridized carbons (Fsp3) is 0.0909. The van der Waals surface area contributed by atoms with Crippen LogP contribution in [0.1, 0.15) is 21.5 Å². The molecule has 142 valence electrons. The highest BCUT2D eigenvalue weighted by Crippen LogP contribution is 2.19. The van der Waals surface area contributed by atoms with E-state index >= 15 is 0 Å². The molecule has 0 radical (unpaired) electrons. The summed E-state index contributed by atoms with van der Waals surface area (Å²) >= 11 is 5.96. The number of halogens is 1. The second kappa shape index (κ2) is 9.06. The van der Waals surface area contributed by atoms with E-state index in [9.17, 15) is 9.59 Å². The molecule has 3 amide bonds. The highest BCUT2D eigenvalue weighted by molar-refractivity contribution is 6.34. The zero-order chi connectivity index (χ0) is 19.9. The summed E-state index contributed by atoms with van der Waals surface area (Å²) in [6.07, 6.45) is 0. The van der Waals surface area contributed by atoms with Gasteiger partial charge in [0.05, 0.1) is 10.6 Å². The second-order valence-electron chi connectivity index (χ2n) is 6.14. The second-order valence-corrected chi connectivity index (χ2v) is 6.55. The zero-order valence-corrected chi connectivity index (χ0v) is 16.0. The number of aryl methyl sites for hydroxylation is 1. The largest absolute Gasteiger partial charge is 0.489 e. The van der Waals surface area contributed by atoms with Crippen LogP contribution in [0.2, 0.25) is 5.02 Å². The van der Waals surface area contributed by atoms with Gasteiger partial charge in [0.1, 0.15) is 12.4 Å². The summed E-state index contributed by atoms with van der Waals surface area (Å²) < 4.78 is 5.80. The Morgan fingerprint density at radius 2 is 1.61 bits per heavy atom. The van der Waals surface area contributed by atoms with Gasteiger partial charge >= 0.3 is 6.03 Å². The quantitative estimate of drug-likeness (QED) is 0.625. The molecule has 5 nitrogen and oxygen atoms in total. The van der Waals surface area contributed by atoms with E-state index in [1.165, 1.54) is 0 Å². The van der Waals surface area contributed by atoms with E-state index in [-0.39, 0.29) is 10.6 Å². The van der Waals surface area contributed by atoms with Crippen LogP contribution in [0.3, 0.4) is 0 Å². The Hall–Kier alpha value is -3.31. The number of ether oxygens (including phenoxy) is 1. The molecule has 0 aromatic heterocycles. The number of nitrogens with one attached hydrogen (secondary N) is 2. The van der Waals surface area contributed by atoms with E-state index in [2.05, 4.69) is 10.6 Å². The third-order valence-corrected chi connectivity index (χ3v) is 4.37. The lowest BCUT2D eigenvalue weighted by atomic mass is 10.2. The van der Waals surface area contributed by atoms with Crippen LogP contribution in [0.25, 0.3) is 0 Å². The van der Waals surface area contributed by atoms with E-state index in [4.69, 9.17) is 16.3 Å². The first-order chi connectivity index (χ1) is 13.5. The molecule has 6 heteroatoms. The molecule has 0 atom stereocenters. The molecule has 0 aliphatic heterocycles. The van der Waals surface area contributed by atoms with Gasteiger partial charge < -0.3 is 10.1 Å². The topological polar surface area (TPSA) is 67.4 Å². The first kappa shape index (κ1) is 19.5. The smallest absolute Gasteiger partial charge is 0.326 e. The van der Waals surface area contributed by atoms with Gasteiger partial charge in [0.15, 0.2) is 0 Å². The van der Waals surface area contributed by atoms with E-state index in [1.54, 1.807) is 36.4 Å². The first-order valence-electron chi connectivity index (χ1n) is 8.67. The van der Waals surface area contributed by atoms with Crippen LogP contribution in [0.5, 0.6) is 5.75 Å². The third kappa shape index (κ3) is 5.11. The van der Waals surface area contributed by atoms with Gasteiger partial charge in [-0.3, -0.25) is 10.1 Å². The molecule has 0 spiro atoms. The average Bonchev–Trinajstić information content (AvgIpc) is 2.68. The van der Waals surface area contributed by atoms with Gasteiger partial charge in [-0.25, -0.2) is 4.79 Å². The van der Waals surface area contributed by atoms with Crippen LogP contribution < -0.4 is 15.4 Å². The van der Waals surface area contributed by atoms with Gasteiger partial charge in [-0.05, 0) is 48.4 Å². The molecule has 3 rings (SSSR count). The molecule has 2 N–H and O–H groups in total. The standard InChI is InChI=1S/C22H19ClN2O3/c1-15-6-2-5-9-20(15)28-14-16-10-12-17(13-11-16)24-22(27)25-21(26)18-7-3-4-8-19(18)23/h2-13H,14H2,1H3,(H2,24,25,26,27). The van der Waals surface area contributed by atoms with E-state index in [1.807, 2.05) is 43.3 Å². The Morgan fingerprint density at radius 3 is 2.32 bits per heavy atom. The molecule has 0 unspecified atom stereocenters. The van der Waals surface area contributed by atoms with Crippen LogP contribution >= 0.6 is 11.6 Å². The maximum Gasteiger partial charge on any atom is 0.326 e. The number of imide groups is 1. The van der Waals surface area contributed by atoms with Crippen molar-refractivity contribution in [3.8, 4) is 5.75 Å². The van der Waals surface area contributed by atoms with Gasteiger partial charge in [0, 0.05) is 5.69 Å². The monoisotopic (exact) mass is 394 g/mol. The van der Waals surface area contributed by atoms with Crippen molar-refractivity contribution >= 4 is 29.2 Å². The van der Waals surface area contributed by atoms with E-state index in [0.717, 1.165) is 16.9 Å². The molecule has 3 aromatic carbocycles. The molecule has 0 aliphatic carbocycles. The number of rotatable bonds is 5. The maximum absolute atomic E-state index is 12.1. The molecule has 0 saturated heterocycles. The predicted molar refractivity (Wildman–Crippen MR) is 110 cm³/mol. The van der Waals surface area contributed by atoms with Gasteiger partial charge in [0.25, 0.3) is 5.91 Å². The SMILES string of the molecule is Cc1ccccc1OCc1ccc(NC(=O)NC(=O)c2ccccc2Cl)cc1. The summed E-state index contributed by atoms with van der Waals surface area (Å²) in [4.78, 5) is 24.1. The fourth-order valence-electron chi connectivity index (χ4n) is 2.54. The summed E-state index contributed by atoms with van der Waals surface area (Å²) in [6, 6.07) is 20.9. The minimum atomic E-state index is -0.631. The number of para-hydroxylation sites is 1. The Kier molecular flexibility index (Phi) is 6.29. The Morgan fingerprint density at radius 1 is 0.929 bits per heavy atom. The van der Waals surface area contributed by atoms with Crippen molar-refractivity contribution in [3.05, 3.63) is 94.5 Å². The van der Waals surface area contributed by atoms with Gasteiger partial charge in [-0.2, -0.15) is 0 Å². The van der Waals surface area contributed by atoms with Crippen molar-refractivity contribution in [3.63, 3.8) is 0 Å². The van der Waals surface area contributed by atoms with Crippen molar-refractivity contribution in [2.75, 3.05) is 5.32 Å². The van der Waals surface area contributed by atoms with Crippen molar-refractivity contribution in [2.24, 2.45) is 0 Å². The average molecular weight is 395 g/mol. The highest BCUT2D eigenvalue weighted by Gasteiger charge is 2.13. The summed E-state index contributed by atoms with van der Waals surface area (Å²) in [7, 11) is 0. The number of carbonyl (C=O) groups excluding carboxylic acids is 2. The van der Waals surface area contributed by atoms with Crippen molar-refractivity contribution in [2.45, 2.75) is 13.5 Å². The Balaban J connectivity index is 1.54. The molecule has 3 aromatic rings. The summed E-state index contributed by atoms with van der Waals surface area (Å²) in [6.45, 7) is 2.41. The molecular weight excluding hydrogens is 376 g/mol. The number of benzene rings is 3. The van der Waals surface area contributed by atoms with E-state index in [0.29, 0.717) is 12.3 Å². The maximum atomic E-state index is 12.1. The van der Waals surface area contributed by atoms with Gasteiger partial charge in [-0.1, -0.05) is 54.1 Å². The Labute approximate surface area is 168 Å². The van der Waals surface area contributed by atoms with Gasteiger partial charge in [0.2, 0.25) is 0 Å². The summed E-state index contributed by atoms with van der Waals surface area (Å²) in [5, 5.41) is 5.16. The summed E-state index contributed by atoms with van der Waals surface area (Å²) in [5.74, 6) is 0.272. The predicted octanol–water partition coefficient (Wildman–Crippen LogP) is 5.19. The zero-order valence-electron chi connectivity index (χ0n) is 15.2. The Bertz CT molecular complexity index is 987. The lowest BCUT2D eigenvalue weighted by Gasteiger charge is -2.10. The van der Waals surface area contributed by atoms with Gasteiger partial charge in [-0.15, -0.1) is 0 Å². The first-order valence-corrected chi connectivity index (χ1v) is 9.05. The normalized spacial score (nSPS) is 10.2. The van der Waals surface area contributed by atoms with Crippen LogP contribution in [0.4, 0.5) is 10.5 Å². The molecule has 0 aliphatic rings. The minimum absolute atomic E-state index is 0.239. The molecule has 28 heavy (non-hydrogen) atoms. The number of hydrogen-bond donors (Lipinski definition) is 2. The molecule has 0 fully saturated rings. The molecular formula is C22H19ClN2O3. The van der Waals surface area contributed by atoms with Crippen LogP contribution in [-0.2, 0) is 6.61 Å². The third-order valence-electron chi connectivity index (χ3n) is 4.05. The van der Waals surface area contributed by atoms with Crippen molar-refractivity contribution in [1.29, 1.82) is 0 Å². The molecule has 0 saturated carbocycles. The number of urea groups is 1. The van der Waals surface area contributed by atoms with Crippen LogP contribution in [0, 0.1) is 6.92 Å². The summed E-state index contributed by atoms with van der Waals surface area (Å²) in [5.41, 5.74) is 2.83.